The van der Waals surface area contributed by atoms with Crippen LogP contribution in [0.5, 0.6) is 5.75 Å². The summed E-state index contributed by atoms with van der Waals surface area (Å²) in [5, 5.41) is 3.09. The van der Waals surface area contributed by atoms with Crippen molar-refractivity contribution >= 4 is 11.6 Å². The molecule has 1 saturated carbocycles. The van der Waals surface area contributed by atoms with Gasteiger partial charge in [0, 0.05) is 25.4 Å². The zero-order valence-corrected chi connectivity index (χ0v) is 19.1. The van der Waals surface area contributed by atoms with E-state index < -0.39 is 5.60 Å². The lowest BCUT2D eigenvalue weighted by atomic mass is 9.78. The third kappa shape index (κ3) is 6.45. The number of piperidine rings is 1. The van der Waals surface area contributed by atoms with Crippen LogP contribution in [0.25, 0.3) is 0 Å². The number of amides is 1. The second-order valence-electron chi connectivity index (χ2n) is 9.40. The molecule has 1 N–H and O–H groups in total. The van der Waals surface area contributed by atoms with E-state index in [2.05, 4.69) is 31.0 Å². The first-order valence-corrected chi connectivity index (χ1v) is 11.9. The van der Waals surface area contributed by atoms with Gasteiger partial charge in [-0.05, 0) is 87.6 Å². The van der Waals surface area contributed by atoms with Crippen molar-refractivity contribution in [2.75, 3.05) is 38.2 Å². The third-order valence-electron chi connectivity index (χ3n) is 6.61. The topological polar surface area (TPSA) is 50.8 Å². The number of ether oxygens (including phenoxy) is 2. The summed E-state index contributed by atoms with van der Waals surface area (Å²) in [6.45, 7) is 11.3. The summed E-state index contributed by atoms with van der Waals surface area (Å²) in [6, 6.07) is 7.73. The number of hydrogen-bond donors (Lipinski definition) is 1. The molecule has 1 amide bonds. The first-order chi connectivity index (χ1) is 14.5. The highest BCUT2D eigenvalue weighted by molar-refractivity contribution is 5.97. The van der Waals surface area contributed by atoms with Crippen molar-refractivity contribution in [3.05, 3.63) is 24.3 Å². The van der Waals surface area contributed by atoms with Crippen LogP contribution < -0.4 is 10.1 Å². The Bertz CT molecular complexity index is 647. The SMILES string of the molecule is CCCOC1(C(=O)Nc2ccc(OCCN3CCCC(C)C3)cc2)CCC(C)CC1. The van der Waals surface area contributed by atoms with E-state index in [1.54, 1.807) is 0 Å². The van der Waals surface area contributed by atoms with E-state index in [4.69, 9.17) is 9.47 Å². The van der Waals surface area contributed by atoms with E-state index >= 15 is 0 Å². The normalized spacial score (nSPS) is 27.6. The molecule has 5 nitrogen and oxygen atoms in total. The molecular formula is C25H40N2O3. The van der Waals surface area contributed by atoms with Gasteiger partial charge in [0.05, 0.1) is 0 Å². The summed E-state index contributed by atoms with van der Waals surface area (Å²) in [5.41, 5.74) is 0.124. The van der Waals surface area contributed by atoms with Crippen molar-refractivity contribution in [2.24, 2.45) is 11.8 Å². The first-order valence-electron chi connectivity index (χ1n) is 11.9. The average molecular weight is 417 g/mol. The van der Waals surface area contributed by atoms with Crippen LogP contribution >= 0.6 is 0 Å². The van der Waals surface area contributed by atoms with E-state index in [0.717, 1.165) is 56.0 Å². The Morgan fingerprint density at radius 3 is 2.50 bits per heavy atom. The van der Waals surface area contributed by atoms with Crippen LogP contribution in [0.1, 0.15) is 65.7 Å². The summed E-state index contributed by atoms with van der Waals surface area (Å²) < 4.78 is 12.0. The minimum Gasteiger partial charge on any atom is -0.492 e. The number of benzene rings is 1. The summed E-state index contributed by atoms with van der Waals surface area (Å²) in [7, 11) is 0. The Morgan fingerprint density at radius 2 is 1.83 bits per heavy atom. The van der Waals surface area contributed by atoms with Gasteiger partial charge in [0.25, 0.3) is 5.91 Å². The summed E-state index contributed by atoms with van der Waals surface area (Å²) in [4.78, 5) is 15.6. The highest BCUT2D eigenvalue weighted by Gasteiger charge is 2.42. The fourth-order valence-corrected chi connectivity index (χ4v) is 4.62. The van der Waals surface area contributed by atoms with Gasteiger partial charge in [-0.3, -0.25) is 9.69 Å². The molecule has 1 aliphatic carbocycles. The van der Waals surface area contributed by atoms with Crippen molar-refractivity contribution in [1.29, 1.82) is 0 Å². The molecule has 5 heteroatoms. The van der Waals surface area contributed by atoms with E-state index in [9.17, 15) is 4.79 Å². The maximum Gasteiger partial charge on any atom is 0.256 e. The number of hydrogen-bond acceptors (Lipinski definition) is 4. The van der Waals surface area contributed by atoms with Gasteiger partial charge < -0.3 is 14.8 Å². The molecule has 0 bridgehead atoms. The Balaban J connectivity index is 1.49. The number of carbonyl (C=O) groups excluding carboxylic acids is 1. The fourth-order valence-electron chi connectivity index (χ4n) is 4.62. The fraction of sp³-hybridized carbons (Fsp3) is 0.720. The van der Waals surface area contributed by atoms with Crippen LogP contribution in [0.3, 0.4) is 0 Å². The Labute approximate surface area is 182 Å². The third-order valence-corrected chi connectivity index (χ3v) is 6.61. The molecule has 0 radical (unpaired) electrons. The lowest BCUT2D eigenvalue weighted by molar-refractivity contribution is -0.147. The maximum absolute atomic E-state index is 13.1. The van der Waals surface area contributed by atoms with Gasteiger partial charge in [-0.25, -0.2) is 0 Å². The molecule has 1 saturated heterocycles. The highest BCUT2D eigenvalue weighted by Crippen LogP contribution is 2.36. The Kier molecular flexibility index (Phi) is 8.58. The van der Waals surface area contributed by atoms with Crippen molar-refractivity contribution in [1.82, 2.24) is 4.90 Å². The van der Waals surface area contributed by atoms with Gasteiger partial charge in [-0.1, -0.05) is 20.8 Å². The van der Waals surface area contributed by atoms with Crippen LogP contribution in [0.15, 0.2) is 24.3 Å². The highest BCUT2D eigenvalue weighted by atomic mass is 16.5. The van der Waals surface area contributed by atoms with E-state index in [1.807, 2.05) is 24.3 Å². The molecule has 2 fully saturated rings. The standard InChI is InChI=1S/C25H40N2O3/c1-4-17-30-25(13-11-20(2)12-14-25)24(28)26-22-7-9-23(10-8-22)29-18-16-27-15-5-6-21(3)19-27/h7-10,20-21H,4-6,11-19H2,1-3H3,(H,26,28). The number of nitrogens with one attached hydrogen (secondary N) is 1. The molecule has 30 heavy (non-hydrogen) atoms. The predicted molar refractivity (Wildman–Crippen MR) is 122 cm³/mol. The summed E-state index contributed by atoms with van der Waals surface area (Å²) in [6.07, 6.45) is 7.24. The molecule has 2 aliphatic rings. The van der Waals surface area contributed by atoms with Crippen molar-refractivity contribution < 1.29 is 14.3 Å². The Hall–Kier alpha value is -1.59. The molecule has 168 valence electrons. The van der Waals surface area contributed by atoms with Crippen molar-refractivity contribution in [3.63, 3.8) is 0 Å². The van der Waals surface area contributed by atoms with Gasteiger partial charge >= 0.3 is 0 Å². The molecule has 0 spiro atoms. The van der Waals surface area contributed by atoms with E-state index in [-0.39, 0.29) is 5.91 Å². The number of anilines is 1. The Morgan fingerprint density at radius 1 is 1.10 bits per heavy atom. The van der Waals surface area contributed by atoms with E-state index in [1.165, 1.54) is 25.9 Å². The van der Waals surface area contributed by atoms with Crippen molar-refractivity contribution in [2.45, 2.75) is 71.3 Å². The van der Waals surface area contributed by atoms with Gasteiger partial charge in [0.1, 0.15) is 18.0 Å². The minimum absolute atomic E-state index is 0.00395. The lowest BCUT2D eigenvalue weighted by Crippen LogP contribution is -2.48. The zero-order chi connectivity index (χ0) is 21.4. The molecule has 3 rings (SSSR count). The van der Waals surface area contributed by atoms with Crippen LogP contribution in [-0.4, -0.2) is 49.3 Å². The molecule has 1 aliphatic heterocycles. The predicted octanol–water partition coefficient (Wildman–Crippen LogP) is 5.11. The van der Waals surface area contributed by atoms with Gasteiger partial charge in [0.2, 0.25) is 0 Å². The van der Waals surface area contributed by atoms with Crippen molar-refractivity contribution in [3.8, 4) is 5.75 Å². The number of likely N-dealkylation sites (tertiary alicyclic amines) is 1. The quantitative estimate of drug-likeness (QED) is 0.608. The molecule has 1 aromatic carbocycles. The van der Waals surface area contributed by atoms with Gasteiger partial charge in [-0.2, -0.15) is 0 Å². The zero-order valence-electron chi connectivity index (χ0n) is 19.1. The number of rotatable bonds is 9. The smallest absolute Gasteiger partial charge is 0.256 e. The number of nitrogens with zero attached hydrogens (tertiary/aromatic N) is 1. The molecular weight excluding hydrogens is 376 g/mol. The van der Waals surface area contributed by atoms with Crippen LogP contribution in [-0.2, 0) is 9.53 Å². The molecule has 1 aromatic rings. The summed E-state index contributed by atoms with van der Waals surface area (Å²) >= 11 is 0. The largest absolute Gasteiger partial charge is 0.492 e. The average Bonchev–Trinajstić information content (AvgIpc) is 2.75. The molecule has 0 aromatic heterocycles. The van der Waals surface area contributed by atoms with Crippen LogP contribution in [0.2, 0.25) is 0 Å². The van der Waals surface area contributed by atoms with E-state index in [0.29, 0.717) is 19.1 Å². The first kappa shape index (κ1) is 23.1. The second kappa shape index (κ2) is 11.1. The maximum atomic E-state index is 13.1. The molecule has 1 unspecified atom stereocenters. The van der Waals surface area contributed by atoms with Gasteiger partial charge in [-0.15, -0.1) is 0 Å². The monoisotopic (exact) mass is 416 g/mol. The minimum atomic E-state index is -0.677. The van der Waals surface area contributed by atoms with Crippen LogP contribution in [0.4, 0.5) is 5.69 Å². The number of carbonyl (C=O) groups is 1. The molecule has 1 heterocycles. The van der Waals surface area contributed by atoms with Crippen LogP contribution in [0, 0.1) is 11.8 Å². The second-order valence-corrected chi connectivity index (χ2v) is 9.40. The van der Waals surface area contributed by atoms with Gasteiger partial charge in [0.15, 0.2) is 0 Å². The lowest BCUT2D eigenvalue weighted by Gasteiger charge is -2.38. The summed E-state index contributed by atoms with van der Waals surface area (Å²) in [5.74, 6) is 2.30. The molecule has 1 atom stereocenters.